The lowest BCUT2D eigenvalue weighted by Gasteiger charge is -2.13. The van der Waals surface area contributed by atoms with E-state index in [9.17, 15) is 8.42 Å². The minimum absolute atomic E-state index is 0.0848. The van der Waals surface area contributed by atoms with Crippen LogP contribution in [0.15, 0.2) is 29.2 Å². The Hall–Kier alpha value is -0.800. The Balaban J connectivity index is 2.41. The van der Waals surface area contributed by atoms with Gasteiger partial charge in [-0.05, 0) is 24.3 Å². The minimum Gasteiger partial charge on any atom is -0.399 e. The van der Waals surface area contributed by atoms with Crippen molar-refractivity contribution < 1.29 is 18.6 Å². The number of aliphatic hydroxyl groups excluding tert-OH is 2. The summed E-state index contributed by atoms with van der Waals surface area (Å²) in [5.41, 5.74) is 6.21. The van der Waals surface area contributed by atoms with Crippen molar-refractivity contribution in [3.05, 3.63) is 24.3 Å². The van der Waals surface area contributed by atoms with Crippen LogP contribution in [0.3, 0.4) is 0 Å². The highest BCUT2D eigenvalue weighted by Crippen LogP contribution is 2.19. The Labute approximate surface area is 117 Å². The standard InChI is InChI=1S/C11H18N2O4S2/c12-9-1-3-11(4-2-9)18-5-6-19(16,17)13-10(7-14)8-15/h1-4,10,13-15H,5-8,12H2. The summed E-state index contributed by atoms with van der Waals surface area (Å²) in [6, 6.07) is 6.31. The summed E-state index contributed by atoms with van der Waals surface area (Å²) in [7, 11) is -3.50. The second-order valence-electron chi connectivity index (χ2n) is 3.92. The molecule has 8 heteroatoms. The molecule has 0 amide bonds. The topological polar surface area (TPSA) is 113 Å². The zero-order chi connectivity index (χ0) is 14.3. The highest BCUT2D eigenvalue weighted by Gasteiger charge is 2.16. The molecule has 0 bridgehead atoms. The van der Waals surface area contributed by atoms with Gasteiger partial charge in [0.2, 0.25) is 10.0 Å². The third kappa shape index (κ3) is 6.26. The van der Waals surface area contributed by atoms with Gasteiger partial charge in [-0.15, -0.1) is 11.8 Å². The van der Waals surface area contributed by atoms with E-state index in [2.05, 4.69) is 4.72 Å². The van der Waals surface area contributed by atoms with Gasteiger partial charge in [0.05, 0.1) is 25.0 Å². The summed E-state index contributed by atoms with van der Waals surface area (Å²) >= 11 is 1.40. The summed E-state index contributed by atoms with van der Waals surface area (Å²) in [4.78, 5) is 0.935. The monoisotopic (exact) mass is 306 g/mol. The Bertz CT molecular complexity index is 472. The van der Waals surface area contributed by atoms with Crippen LogP contribution >= 0.6 is 11.8 Å². The van der Waals surface area contributed by atoms with E-state index in [-0.39, 0.29) is 5.75 Å². The van der Waals surface area contributed by atoms with E-state index in [0.717, 1.165) is 4.90 Å². The first-order valence-corrected chi connectivity index (χ1v) is 8.30. The zero-order valence-corrected chi connectivity index (χ0v) is 12.0. The molecule has 0 aliphatic carbocycles. The number of nitrogen functional groups attached to an aromatic ring is 1. The molecule has 108 valence electrons. The van der Waals surface area contributed by atoms with Crippen molar-refractivity contribution in [3.63, 3.8) is 0 Å². The number of hydrogen-bond donors (Lipinski definition) is 4. The van der Waals surface area contributed by atoms with Crippen LogP contribution in [-0.2, 0) is 10.0 Å². The molecular formula is C11H18N2O4S2. The Morgan fingerprint density at radius 1 is 1.21 bits per heavy atom. The quantitative estimate of drug-likeness (QED) is 0.385. The Kier molecular flexibility index (Phi) is 6.59. The summed E-state index contributed by atoms with van der Waals surface area (Å²) in [6.45, 7) is -0.859. The molecule has 0 aromatic heterocycles. The van der Waals surface area contributed by atoms with Crippen molar-refractivity contribution in [2.75, 3.05) is 30.5 Å². The molecule has 1 aromatic carbocycles. The third-order valence-corrected chi connectivity index (χ3v) is 4.99. The number of nitrogens with two attached hydrogens (primary N) is 1. The number of sulfonamides is 1. The molecule has 0 radical (unpaired) electrons. The highest BCUT2D eigenvalue weighted by molar-refractivity contribution is 8.00. The van der Waals surface area contributed by atoms with E-state index in [1.165, 1.54) is 11.8 Å². The van der Waals surface area contributed by atoms with E-state index in [4.69, 9.17) is 15.9 Å². The lowest BCUT2D eigenvalue weighted by Crippen LogP contribution is -2.41. The normalized spacial score (nSPS) is 11.9. The molecular weight excluding hydrogens is 288 g/mol. The van der Waals surface area contributed by atoms with Gasteiger partial charge in [0, 0.05) is 16.3 Å². The van der Waals surface area contributed by atoms with Crippen LogP contribution in [0.25, 0.3) is 0 Å². The molecule has 0 saturated heterocycles. The number of rotatable bonds is 8. The first kappa shape index (κ1) is 16.3. The van der Waals surface area contributed by atoms with E-state index in [1.54, 1.807) is 12.1 Å². The van der Waals surface area contributed by atoms with Gasteiger partial charge < -0.3 is 15.9 Å². The molecule has 0 spiro atoms. The van der Waals surface area contributed by atoms with Gasteiger partial charge in [0.1, 0.15) is 0 Å². The van der Waals surface area contributed by atoms with Gasteiger partial charge >= 0.3 is 0 Å². The second kappa shape index (κ2) is 7.71. The maximum absolute atomic E-state index is 11.6. The average molecular weight is 306 g/mol. The molecule has 0 atom stereocenters. The summed E-state index contributed by atoms with van der Waals surface area (Å²) in [5, 5.41) is 17.6. The summed E-state index contributed by atoms with van der Waals surface area (Å²) in [5.74, 6) is 0.293. The fourth-order valence-corrected chi connectivity index (χ4v) is 3.83. The van der Waals surface area contributed by atoms with E-state index in [1.807, 2.05) is 12.1 Å². The highest BCUT2D eigenvalue weighted by atomic mass is 32.2. The van der Waals surface area contributed by atoms with Crippen LogP contribution in [0.5, 0.6) is 0 Å². The largest absolute Gasteiger partial charge is 0.399 e. The van der Waals surface area contributed by atoms with Crippen LogP contribution in [-0.4, -0.2) is 49.4 Å². The van der Waals surface area contributed by atoms with Gasteiger partial charge in [-0.3, -0.25) is 0 Å². The number of anilines is 1. The van der Waals surface area contributed by atoms with Crippen LogP contribution in [0.1, 0.15) is 0 Å². The molecule has 19 heavy (non-hydrogen) atoms. The van der Waals surface area contributed by atoms with Crippen molar-refractivity contribution in [1.82, 2.24) is 4.72 Å². The SMILES string of the molecule is Nc1ccc(SCCS(=O)(=O)NC(CO)CO)cc1. The number of aliphatic hydroxyl groups is 2. The Morgan fingerprint density at radius 2 is 1.79 bits per heavy atom. The minimum atomic E-state index is -3.50. The number of nitrogens with one attached hydrogen (secondary N) is 1. The van der Waals surface area contributed by atoms with E-state index >= 15 is 0 Å². The molecule has 0 heterocycles. The maximum atomic E-state index is 11.6. The molecule has 0 aliphatic heterocycles. The van der Waals surface area contributed by atoms with E-state index < -0.39 is 29.3 Å². The van der Waals surface area contributed by atoms with Crippen molar-refractivity contribution in [2.24, 2.45) is 0 Å². The van der Waals surface area contributed by atoms with E-state index in [0.29, 0.717) is 11.4 Å². The average Bonchev–Trinajstić information content (AvgIpc) is 2.38. The van der Waals surface area contributed by atoms with Gasteiger partial charge in [-0.1, -0.05) is 0 Å². The molecule has 5 N–H and O–H groups in total. The van der Waals surface area contributed by atoms with Crippen molar-refractivity contribution in [2.45, 2.75) is 10.9 Å². The number of benzene rings is 1. The van der Waals surface area contributed by atoms with Gasteiger partial charge in [-0.2, -0.15) is 0 Å². The van der Waals surface area contributed by atoms with Crippen molar-refractivity contribution in [3.8, 4) is 0 Å². The molecule has 0 saturated carbocycles. The summed E-state index contributed by atoms with van der Waals surface area (Å²) < 4.78 is 25.5. The van der Waals surface area contributed by atoms with Crippen molar-refractivity contribution in [1.29, 1.82) is 0 Å². The predicted octanol–water partition coefficient (Wildman–Crippen LogP) is -0.367. The fraction of sp³-hybridized carbons (Fsp3) is 0.455. The van der Waals surface area contributed by atoms with Crippen LogP contribution in [0.2, 0.25) is 0 Å². The molecule has 0 aliphatic rings. The molecule has 0 fully saturated rings. The van der Waals surface area contributed by atoms with Crippen LogP contribution in [0, 0.1) is 0 Å². The maximum Gasteiger partial charge on any atom is 0.212 e. The number of hydrogen-bond acceptors (Lipinski definition) is 6. The van der Waals surface area contributed by atoms with Crippen LogP contribution < -0.4 is 10.5 Å². The lowest BCUT2D eigenvalue weighted by atomic mass is 10.3. The predicted molar refractivity (Wildman–Crippen MR) is 76.5 cm³/mol. The molecule has 0 unspecified atom stereocenters. The van der Waals surface area contributed by atoms with Crippen molar-refractivity contribution >= 4 is 27.5 Å². The smallest absolute Gasteiger partial charge is 0.212 e. The first-order chi connectivity index (χ1) is 8.96. The zero-order valence-electron chi connectivity index (χ0n) is 10.3. The summed E-state index contributed by atoms with van der Waals surface area (Å²) in [6.07, 6.45) is 0. The Morgan fingerprint density at radius 3 is 2.32 bits per heavy atom. The molecule has 6 nitrogen and oxygen atoms in total. The first-order valence-electron chi connectivity index (χ1n) is 5.67. The molecule has 1 rings (SSSR count). The lowest BCUT2D eigenvalue weighted by molar-refractivity contribution is 0.185. The fourth-order valence-electron chi connectivity index (χ4n) is 1.28. The molecule has 1 aromatic rings. The number of thioether (sulfide) groups is 1. The second-order valence-corrected chi connectivity index (χ2v) is 6.96. The van der Waals surface area contributed by atoms with Gasteiger partial charge in [0.15, 0.2) is 0 Å². The van der Waals surface area contributed by atoms with Crippen LogP contribution in [0.4, 0.5) is 5.69 Å². The third-order valence-electron chi connectivity index (χ3n) is 2.29. The van der Waals surface area contributed by atoms with Gasteiger partial charge in [-0.25, -0.2) is 13.1 Å². The van der Waals surface area contributed by atoms with Gasteiger partial charge in [0.25, 0.3) is 0 Å².